The summed E-state index contributed by atoms with van der Waals surface area (Å²) in [6, 6.07) is 12.6. The maximum atomic E-state index is 14.1. The molecule has 3 aromatic heterocycles. The molecule has 0 saturated carbocycles. The molecule has 202 valence electrons. The van der Waals surface area contributed by atoms with E-state index in [1.807, 2.05) is 6.07 Å². The lowest BCUT2D eigenvalue weighted by molar-refractivity contribution is 0.444. The first-order chi connectivity index (χ1) is 19.7. The number of hydrogen-bond donors (Lipinski definition) is 0. The van der Waals surface area contributed by atoms with E-state index in [1.54, 1.807) is 12.1 Å². The first kappa shape index (κ1) is 26.4. The number of fused-ring (bicyclic) bond motifs is 3. The maximum absolute atomic E-state index is 14.1. The fourth-order valence-electron chi connectivity index (χ4n) is 4.77. The van der Waals surface area contributed by atoms with E-state index in [4.69, 9.17) is 27.6 Å². The molecule has 0 radical (unpaired) electrons. The minimum atomic E-state index is -1.66. The van der Waals surface area contributed by atoms with Crippen molar-refractivity contribution in [3.8, 4) is 22.9 Å². The Kier molecular flexibility index (Phi) is 6.41. The molecule has 0 aliphatic heterocycles. The highest BCUT2D eigenvalue weighted by Crippen LogP contribution is 2.38. The Balaban J connectivity index is 1.76. The molecule has 6 rings (SSSR count). The molecule has 12 heteroatoms. The highest BCUT2D eigenvalue weighted by Gasteiger charge is 2.23. The van der Waals surface area contributed by atoms with Crippen LogP contribution in [-0.4, -0.2) is 14.1 Å². The Labute approximate surface area is 237 Å². The molecular formula is C29H13Cl2F3N4O3. The van der Waals surface area contributed by atoms with Gasteiger partial charge >= 0.3 is 5.69 Å². The number of nitrogens with zero attached hydrogens (tertiary/aromatic N) is 4. The van der Waals surface area contributed by atoms with E-state index < -0.39 is 35.2 Å². The fourth-order valence-corrected chi connectivity index (χ4v) is 5.16. The third-order valence-electron chi connectivity index (χ3n) is 6.57. The van der Waals surface area contributed by atoms with Crippen LogP contribution < -0.4 is 11.2 Å². The zero-order chi connectivity index (χ0) is 29.0. The molecule has 0 aliphatic rings. The Hall–Kier alpha value is -4.85. The summed E-state index contributed by atoms with van der Waals surface area (Å²) in [4.78, 5) is 31.8. The summed E-state index contributed by atoms with van der Waals surface area (Å²) in [5, 5.41) is 10.3. The number of furan rings is 1. The molecule has 7 nitrogen and oxygen atoms in total. The first-order valence-electron chi connectivity index (χ1n) is 11.8. The largest absolute Gasteiger partial charge is 0.463 e. The van der Waals surface area contributed by atoms with Gasteiger partial charge in [-0.2, -0.15) is 5.26 Å². The average molecular weight is 593 g/mol. The molecule has 0 amide bonds. The summed E-state index contributed by atoms with van der Waals surface area (Å²) >= 11 is 12.6. The van der Waals surface area contributed by atoms with Crippen molar-refractivity contribution in [1.82, 2.24) is 14.1 Å². The zero-order valence-corrected chi connectivity index (χ0v) is 22.0. The number of benzene rings is 3. The molecule has 0 spiro atoms. The summed E-state index contributed by atoms with van der Waals surface area (Å²) in [6.45, 7) is -0.463. The molecule has 0 N–H and O–H groups in total. The molecule has 0 atom stereocenters. The van der Waals surface area contributed by atoms with Gasteiger partial charge in [0.2, 0.25) is 0 Å². The molecule has 6 aromatic rings. The number of pyridine rings is 1. The average Bonchev–Trinajstić information content (AvgIpc) is 3.44. The summed E-state index contributed by atoms with van der Waals surface area (Å²) in [5.74, 6) is -4.55. The second kappa shape index (κ2) is 9.96. The molecule has 0 saturated heterocycles. The number of aromatic nitrogens is 3. The summed E-state index contributed by atoms with van der Waals surface area (Å²) in [5.41, 5.74) is -0.454. The molecule has 3 heterocycles. The lowest BCUT2D eigenvalue weighted by Crippen LogP contribution is -2.39. The smallest absolute Gasteiger partial charge is 0.336 e. The SMILES string of the molecule is N#Cc1ccc(Cl)c(-c2cc3c(c(=O)n(-c4cncc(Cl)c4)c(=O)n3Cc3cc(F)c(F)c(F)c3)c3occc23)c1. The van der Waals surface area contributed by atoms with Crippen LogP contribution in [0.1, 0.15) is 11.1 Å². The molecule has 0 unspecified atom stereocenters. The van der Waals surface area contributed by atoms with Crippen LogP contribution in [-0.2, 0) is 6.54 Å². The van der Waals surface area contributed by atoms with Crippen LogP contribution >= 0.6 is 23.2 Å². The van der Waals surface area contributed by atoms with Gasteiger partial charge in [0.25, 0.3) is 5.56 Å². The minimum absolute atomic E-state index is 0.0345. The Bertz CT molecular complexity index is 2190. The van der Waals surface area contributed by atoms with Gasteiger partial charge in [-0.05, 0) is 59.7 Å². The van der Waals surface area contributed by atoms with Crippen molar-refractivity contribution in [2.45, 2.75) is 6.54 Å². The van der Waals surface area contributed by atoms with Crippen LogP contribution in [0.25, 0.3) is 38.7 Å². The number of nitriles is 1. The van der Waals surface area contributed by atoms with Crippen molar-refractivity contribution in [2.24, 2.45) is 0 Å². The standard InChI is InChI=1S/C29H13Cl2F3N4O3/c30-16-8-17(12-36-11-16)38-28(39)25-24(37(29(38)40)13-15-6-22(32)26(34)23(33)7-15)9-19(18-3-4-41-27(18)25)20-5-14(10-35)1-2-21(20)31/h1-9,11-12H,13H2. The van der Waals surface area contributed by atoms with Crippen molar-refractivity contribution >= 4 is 45.1 Å². The predicted molar refractivity (Wildman–Crippen MR) is 147 cm³/mol. The molecule has 0 bridgehead atoms. The van der Waals surface area contributed by atoms with Crippen LogP contribution in [0.3, 0.4) is 0 Å². The van der Waals surface area contributed by atoms with Crippen molar-refractivity contribution in [3.63, 3.8) is 0 Å². The number of halogens is 5. The van der Waals surface area contributed by atoms with E-state index in [1.165, 1.54) is 42.9 Å². The topological polar surface area (TPSA) is 93.8 Å². The van der Waals surface area contributed by atoms with E-state index in [2.05, 4.69) is 4.98 Å². The second-order valence-corrected chi connectivity index (χ2v) is 9.88. The van der Waals surface area contributed by atoms with Gasteiger partial charge in [-0.1, -0.05) is 23.2 Å². The zero-order valence-electron chi connectivity index (χ0n) is 20.5. The highest BCUT2D eigenvalue weighted by molar-refractivity contribution is 6.34. The number of rotatable bonds is 4. The van der Waals surface area contributed by atoms with E-state index in [-0.39, 0.29) is 37.8 Å². The second-order valence-electron chi connectivity index (χ2n) is 9.03. The normalized spacial score (nSPS) is 11.3. The van der Waals surface area contributed by atoms with Gasteiger partial charge in [0, 0.05) is 22.2 Å². The van der Waals surface area contributed by atoms with Gasteiger partial charge in [0.1, 0.15) is 11.0 Å². The maximum Gasteiger partial charge on any atom is 0.336 e. The molecular weight excluding hydrogens is 580 g/mol. The quantitative estimate of drug-likeness (QED) is 0.215. The van der Waals surface area contributed by atoms with Crippen molar-refractivity contribution < 1.29 is 17.6 Å². The van der Waals surface area contributed by atoms with Crippen molar-refractivity contribution in [3.05, 3.63) is 127 Å². The van der Waals surface area contributed by atoms with Gasteiger partial charge in [-0.15, -0.1) is 0 Å². The van der Waals surface area contributed by atoms with Gasteiger partial charge in [0.15, 0.2) is 17.5 Å². The van der Waals surface area contributed by atoms with Gasteiger partial charge < -0.3 is 4.42 Å². The van der Waals surface area contributed by atoms with Gasteiger partial charge in [-0.3, -0.25) is 14.3 Å². The lowest BCUT2D eigenvalue weighted by Gasteiger charge is -2.17. The Morgan fingerprint density at radius 2 is 1.71 bits per heavy atom. The van der Waals surface area contributed by atoms with Gasteiger partial charge in [0.05, 0.1) is 46.9 Å². The molecule has 0 aliphatic carbocycles. The van der Waals surface area contributed by atoms with Crippen molar-refractivity contribution in [1.29, 1.82) is 5.26 Å². The lowest BCUT2D eigenvalue weighted by atomic mass is 9.98. The predicted octanol–water partition coefficient (Wildman–Crippen LogP) is 6.60. The molecule has 3 aromatic carbocycles. The van der Waals surface area contributed by atoms with Crippen LogP contribution in [0.15, 0.2) is 81.2 Å². The highest BCUT2D eigenvalue weighted by atomic mass is 35.5. The first-order valence-corrected chi connectivity index (χ1v) is 12.6. The summed E-state index contributed by atoms with van der Waals surface area (Å²) < 4.78 is 49.6. The summed E-state index contributed by atoms with van der Waals surface area (Å²) in [7, 11) is 0. The Morgan fingerprint density at radius 3 is 2.41 bits per heavy atom. The van der Waals surface area contributed by atoms with Crippen molar-refractivity contribution in [2.75, 3.05) is 0 Å². The fraction of sp³-hybridized carbons (Fsp3) is 0.0345. The molecule has 0 fully saturated rings. The van der Waals surface area contributed by atoms with E-state index in [9.17, 15) is 28.0 Å². The van der Waals surface area contributed by atoms with E-state index in [0.29, 0.717) is 22.1 Å². The molecule has 41 heavy (non-hydrogen) atoms. The van der Waals surface area contributed by atoms with Crippen LogP contribution in [0, 0.1) is 28.8 Å². The van der Waals surface area contributed by atoms with Crippen LogP contribution in [0.4, 0.5) is 13.2 Å². The third-order valence-corrected chi connectivity index (χ3v) is 7.10. The van der Waals surface area contributed by atoms with Gasteiger partial charge in [-0.25, -0.2) is 22.5 Å². The minimum Gasteiger partial charge on any atom is -0.463 e. The van der Waals surface area contributed by atoms with Crippen LogP contribution in [0.5, 0.6) is 0 Å². The van der Waals surface area contributed by atoms with E-state index in [0.717, 1.165) is 21.3 Å². The third kappa shape index (κ3) is 4.36. The number of hydrogen-bond acceptors (Lipinski definition) is 5. The monoisotopic (exact) mass is 592 g/mol. The van der Waals surface area contributed by atoms with Crippen LogP contribution in [0.2, 0.25) is 10.0 Å². The Morgan fingerprint density at radius 1 is 0.951 bits per heavy atom. The van der Waals surface area contributed by atoms with E-state index >= 15 is 0 Å². The summed E-state index contributed by atoms with van der Waals surface area (Å²) in [6.07, 6.45) is 3.92.